The number of nitrogens with one attached hydrogen (secondary N) is 2. The van der Waals surface area contributed by atoms with E-state index in [4.69, 9.17) is 0 Å². The first kappa shape index (κ1) is 17.3. The summed E-state index contributed by atoms with van der Waals surface area (Å²) in [6.45, 7) is 5.10. The van der Waals surface area contributed by atoms with E-state index in [1.54, 1.807) is 0 Å². The number of carbonyl (C=O) groups excluding carboxylic acids is 1. The van der Waals surface area contributed by atoms with Gasteiger partial charge in [0.2, 0.25) is 0 Å². The lowest BCUT2D eigenvalue weighted by atomic mass is 9.67. The van der Waals surface area contributed by atoms with Crippen molar-refractivity contribution in [3.05, 3.63) is 70.8 Å². The number of carbonyl (C=O) groups is 1. The Kier molecular flexibility index (Phi) is 4.58. The van der Waals surface area contributed by atoms with Crippen LogP contribution in [0.4, 0.5) is 0 Å². The number of hydrogen-bond acceptors (Lipinski definition) is 2. The lowest BCUT2D eigenvalue weighted by Gasteiger charge is -2.52. The van der Waals surface area contributed by atoms with Gasteiger partial charge >= 0.3 is 0 Å². The van der Waals surface area contributed by atoms with Gasteiger partial charge in [0.15, 0.2) is 0 Å². The third-order valence-corrected chi connectivity index (χ3v) is 6.41. The second-order valence-electron chi connectivity index (χ2n) is 8.06. The van der Waals surface area contributed by atoms with Gasteiger partial charge in [0.05, 0.1) is 6.04 Å². The molecule has 3 nitrogen and oxygen atoms in total. The van der Waals surface area contributed by atoms with E-state index in [-0.39, 0.29) is 17.5 Å². The summed E-state index contributed by atoms with van der Waals surface area (Å²) < 4.78 is 0. The second-order valence-corrected chi connectivity index (χ2v) is 8.06. The Bertz CT molecular complexity index is 757. The number of piperidine rings is 2. The summed E-state index contributed by atoms with van der Waals surface area (Å²) in [4.78, 5) is 13.2. The number of benzene rings is 2. The van der Waals surface area contributed by atoms with E-state index in [0.29, 0.717) is 0 Å². The first-order valence-corrected chi connectivity index (χ1v) is 9.76. The van der Waals surface area contributed by atoms with Gasteiger partial charge in [-0.2, -0.15) is 0 Å². The lowest BCUT2D eigenvalue weighted by molar-refractivity contribution is 0.0675. The summed E-state index contributed by atoms with van der Waals surface area (Å²) >= 11 is 0. The molecule has 1 saturated carbocycles. The monoisotopic (exact) mass is 348 g/mol. The van der Waals surface area contributed by atoms with Gasteiger partial charge in [-0.25, -0.2) is 0 Å². The summed E-state index contributed by atoms with van der Waals surface area (Å²) in [5, 5.41) is 7.22. The molecule has 2 N–H and O–H groups in total. The van der Waals surface area contributed by atoms with E-state index in [0.717, 1.165) is 42.0 Å². The predicted octanol–water partition coefficient (Wildman–Crippen LogP) is 4.31. The van der Waals surface area contributed by atoms with Crippen LogP contribution in [0, 0.1) is 19.8 Å². The highest BCUT2D eigenvalue weighted by Crippen LogP contribution is 2.44. The van der Waals surface area contributed by atoms with Crippen LogP contribution >= 0.6 is 0 Å². The highest BCUT2D eigenvalue weighted by molar-refractivity contribution is 5.97. The Morgan fingerprint density at radius 3 is 2.27 bits per heavy atom. The van der Waals surface area contributed by atoms with Crippen LogP contribution < -0.4 is 10.6 Å². The summed E-state index contributed by atoms with van der Waals surface area (Å²) in [6.07, 6.45) is 4.78. The minimum Gasteiger partial charge on any atom is -0.343 e. The van der Waals surface area contributed by atoms with Gasteiger partial charge in [0.25, 0.3) is 5.91 Å². The van der Waals surface area contributed by atoms with Crippen LogP contribution in [0.15, 0.2) is 48.5 Å². The van der Waals surface area contributed by atoms with Gasteiger partial charge in [0.1, 0.15) is 0 Å². The average Bonchev–Trinajstić information content (AvgIpc) is 2.68. The molecule has 1 aliphatic carbocycles. The molecule has 26 heavy (non-hydrogen) atoms. The third kappa shape index (κ3) is 3.05. The molecular formula is C23H28N2O. The third-order valence-electron chi connectivity index (χ3n) is 6.41. The maximum absolute atomic E-state index is 13.2. The molecule has 1 amide bonds. The fraction of sp³-hybridized carbons (Fsp3) is 0.435. The number of rotatable bonds is 4. The minimum absolute atomic E-state index is 0.00328. The van der Waals surface area contributed by atoms with E-state index in [9.17, 15) is 4.79 Å². The Morgan fingerprint density at radius 1 is 1.04 bits per heavy atom. The van der Waals surface area contributed by atoms with Crippen LogP contribution in [-0.2, 0) is 0 Å². The van der Waals surface area contributed by atoms with Crippen LogP contribution in [-0.4, -0.2) is 18.0 Å². The van der Waals surface area contributed by atoms with E-state index in [2.05, 4.69) is 34.9 Å². The Morgan fingerprint density at radius 2 is 1.69 bits per heavy atom. The zero-order valence-corrected chi connectivity index (χ0v) is 15.7. The largest absolute Gasteiger partial charge is 0.343 e. The molecule has 0 aromatic heterocycles. The summed E-state index contributed by atoms with van der Waals surface area (Å²) in [7, 11) is 0. The molecule has 2 aromatic rings. The maximum atomic E-state index is 13.2. The second kappa shape index (κ2) is 6.88. The van der Waals surface area contributed by atoms with E-state index in [1.165, 1.54) is 18.4 Å². The molecule has 0 spiro atoms. The predicted molar refractivity (Wildman–Crippen MR) is 105 cm³/mol. The van der Waals surface area contributed by atoms with Crippen molar-refractivity contribution < 1.29 is 4.79 Å². The van der Waals surface area contributed by atoms with Crippen LogP contribution in [0.5, 0.6) is 0 Å². The van der Waals surface area contributed by atoms with Gasteiger partial charge in [-0.05, 0) is 68.7 Å². The van der Waals surface area contributed by atoms with Crippen molar-refractivity contribution in [2.45, 2.75) is 51.1 Å². The summed E-state index contributed by atoms with van der Waals surface area (Å²) in [5.74, 6) is 0.848. The Labute approximate surface area is 156 Å². The van der Waals surface area contributed by atoms with Crippen molar-refractivity contribution in [1.82, 2.24) is 10.6 Å². The normalized spacial score (nSPS) is 25.7. The number of amides is 1. The first-order valence-electron chi connectivity index (χ1n) is 9.76. The summed E-state index contributed by atoms with van der Waals surface area (Å²) in [6, 6.07) is 16.5. The van der Waals surface area contributed by atoms with E-state index >= 15 is 0 Å². The fourth-order valence-electron chi connectivity index (χ4n) is 4.87. The average molecular weight is 348 g/mol. The highest BCUT2D eigenvalue weighted by atomic mass is 16.1. The molecular weight excluding hydrogens is 320 g/mol. The number of fused-ring (bicyclic) bond motifs is 3. The molecule has 0 unspecified atom stereocenters. The number of hydrogen-bond donors (Lipinski definition) is 2. The molecule has 5 rings (SSSR count). The van der Waals surface area contributed by atoms with Crippen LogP contribution in [0.2, 0.25) is 0 Å². The molecule has 2 saturated heterocycles. The van der Waals surface area contributed by atoms with Gasteiger partial charge < -0.3 is 10.6 Å². The topological polar surface area (TPSA) is 41.1 Å². The molecule has 3 aliphatic rings. The van der Waals surface area contributed by atoms with Crippen molar-refractivity contribution >= 4 is 5.91 Å². The zero-order chi connectivity index (χ0) is 18.1. The van der Waals surface area contributed by atoms with Crippen molar-refractivity contribution in [1.29, 1.82) is 0 Å². The summed E-state index contributed by atoms with van der Waals surface area (Å²) in [5.41, 5.74) is 4.05. The maximum Gasteiger partial charge on any atom is 0.252 e. The Hall–Kier alpha value is -2.13. The van der Waals surface area contributed by atoms with Crippen LogP contribution in [0.25, 0.3) is 0 Å². The van der Waals surface area contributed by atoms with Crippen molar-refractivity contribution in [2.24, 2.45) is 5.92 Å². The quantitative estimate of drug-likeness (QED) is 0.864. The van der Waals surface area contributed by atoms with Crippen molar-refractivity contribution in [3.63, 3.8) is 0 Å². The standard InChI is InChI=1S/C23H28N2O/c1-16-7-6-8-17(2)20(16)22(26)25-21(19-9-4-3-5-10-19)23-13-11-18(12-14-23)15-24-23/h3-10,18,21,24H,11-15H2,1-2H3,(H,25,26)/t18?,21-,23?/m1/s1. The highest BCUT2D eigenvalue weighted by Gasteiger charge is 2.46. The number of aryl methyl sites for hydroxylation is 2. The molecule has 3 fully saturated rings. The Balaban J connectivity index is 1.69. The van der Waals surface area contributed by atoms with Gasteiger partial charge in [0, 0.05) is 11.1 Å². The molecule has 1 atom stereocenters. The fourth-order valence-corrected chi connectivity index (χ4v) is 4.87. The van der Waals surface area contributed by atoms with E-state index < -0.39 is 0 Å². The van der Waals surface area contributed by atoms with Gasteiger partial charge in [-0.15, -0.1) is 0 Å². The van der Waals surface area contributed by atoms with Crippen LogP contribution in [0.1, 0.15) is 58.8 Å². The van der Waals surface area contributed by atoms with Crippen LogP contribution in [0.3, 0.4) is 0 Å². The first-order chi connectivity index (χ1) is 12.6. The smallest absolute Gasteiger partial charge is 0.252 e. The minimum atomic E-state index is -0.0254. The molecule has 3 heteroatoms. The molecule has 136 valence electrons. The SMILES string of the molecule is Cc1cccc(C)c1C(=O)N[C@H](c1ccccc1)C12CCC(CC1)CN2. The molecule has 2 heterocycles. The van der Waals surface area contributed by atoms with Crippen molar-refractivity contribution in [2.75, 3.05) is 6.54 Å². The lowest BCUT2D eigenvalue weighted by Crippen LogP contribution is -2.62. The van der Waals surface area contributed by atoms with Gasteiger partial charge in [-0.3, -0.25) is 4.79 Å². The van der Waals surface area contributed by atoms with Crippen molar-refractivity contribution in [3.8, 4) is 0 Å². The van der Waals surface area contributed by atoms with E-state index in [1.807, 2.05) is 38.1 Å². The molecule has 0 radical (unpaired) electrons. The molecule has 2 aliphatic heterocycles. The zero-order valence-electron chi connectivity index (χ0n) is 15.7. The molecule has 2 aromatic carbocycles. The molecule has 2 bridgehead atoms. The van der Waals surface area contributed by atoms with Gasteiger partial charge in [-0.1, -0.05) is 48.5 Å².